The highest BCUT2D eigenvalue weighted by molar-refractivity contribution is 5.84. The highest BCUT2D eigenvalue weighted by Gasteiger charge is 2.11. The number of fused-ring (bicyclic) bond motifs is 1. The van der Waals surface area contributed by atoms with E-state index in [9.17, 15) is 0 Å². The molecule has 0 aliphatic heterocycles. The molecule has 0 spiro atoms. The van der Waals surface area contributed by atoms with Gasteiger partial charge in [-0.2, -0.15) is 0 Å². The molecule has 0 unspecified atom stereocenters. The van der Waals surface area contributed by atoms with E-state index in [0.29, 0.717) is 0 Å². The van der Waals surface area contributed by atoms with E-state index < -0.39 is 0 Å². The average Bonchev–Trinajstić information content (AvgIpc) is 2.94. The number of hydrogen-bond acceptors (Lipinski definition) is 2. The molecule has 3 N–H and O–H groups in total. The number of nitrogens with zero attached hydrogens (tertiary/aromatic N) is 1. The zero-order chi connectivity index (χ0) is 15.5. The van der Waals surface area contributed by atoms with Crippen molar-refractivity contribution in [3.05, 3.63) is 58.9 Å². The van der Waals surface area contributed by atoms with Crippen LogP contribution in [-0.4, -0.2) is 9.97 Å². The number of H-pyrrole nitrogens is 1. The molecule has 0 amide bonds. The Kier molecular flexibility index (Phi) is 4.14. The fraction of sp³-hybridized carbons (Fsp3) is 0.316. The minimum absolute atomic E-state index is 0.821. The van der Waals surface area contributed by atoms with Gasteiger partial charge in [0.25, 0.3) is 0 Å². The van der Waals surface area contributed by atoms with Gasteiger partial charge in [-0.25, -0.2) is 4.98 Å². The van der Waals surface area contributed by atoms with Crippen molar-refractivity contribution >= 4 is 16.7 Å². The number of nitrogens with one attached hydrogen (secondary N) is 1. The molecule has 3 heteroatoms. The summed E-state index contributed by atoms with van der Waals surface area (Å²) in [7, 11) is 0. The van der Waals surface area contributed by atoms with E-state index in [-0.39, 0.29) is 0 Å². The lowest BCUT2D eigenvalue weighted by molar-refractivity contribution is 0.861. The highest BCUT2D eigenvalue weighted by atomic mass is 14.9. The Hall–Kier alpha value is -2.29. The maximum absolute atomic E-state index is 6.22. The van der Waals surface area contributed by atoms with E-state index in [1.807, 2.05) is 12.1 Å². The molecule has 3 aromatic rings. The van der Waals surface area contributed by atoms with Crippen LogP contribution in [0.5, 0.6) is 0 Å². The Morgan fingerprint density at radius 1 is 1.00 bits per heavy atom. The second kappa shape index (κ2) is 6.22. The van der Waals surface area contributed by atoms with Gasteiger partial charge in [-0.1, -0.05) is 38.1 Å². The standard InChI is InChI=1S/C19H23N3/c1-3-5-18-21-17-11-10-16(20)15(19(17)22-18)12-14-8-6-13(4-2)7-9-14/h6-11H,3-5,12,20H2,1-2H3,(H,21,22). The fourth-order valence-electron chi connectivity index (χ4n) is 2.84. The van der Waals surface area contributed by atoms with Gasteiger partial charge in [-0.3, -0.25) is 0 Å². The van der Waals surface area contributed by atoms with Crippen molar-refractivity contribution in [3.63, 3.8) is 0 Å². The molecule has 3 nitrogen and oxygen atoms in total. The zero-order valence-electron chi connectivity index (χ0n) is 13.3. The molecule has 0 atom stereocenters. The SMILES string of the molecule is CCCc1nc2c(Cc3ccc(CC)cc3)c(N)ccc2[nH]1. The Balaban J connectivity index is 1.98. The quantitative estimate of drug-likeness (QED) is 0.691. The summed E-state index contributed by atoms with van der Waals surface area (Å²) in [4.78, 5) is 8.16. The van der Waals surface area contributed by atoms with Gasteiger partial charge in [-0.15, -0.1) is 0 Å². The number of aryl methyl sites for hydroxylation is 2. The third-order valence-corrected chi connectivity index (χ3v) is 4.14. The van der Waals surface area contributed by atoms with Crippen LogP contribution in [0.2, 0.25) is 0 Å². The fourth-order valence-corrected chi connectivity index (χ4v) is 2.84. The van der Waals surface area contributed by atoms with Crippen molar-refractivity contribution < 1.29 is 0 Å². The van der Waals surface area contributed by atoms with E-state index in [0.717, 1.165) is 53.8 Å². The predicted octanol–water partition coefficient (Wildman–Crippen LogP) is 4.25. The molecule has 0 radical (unpaired) electrons. The first-order valence-electron chi connectivity index (χ1n) is 8.05. The van der Waals surface area contributed by atoms with Gasteiger partial charge < -0.3 is 10.7 Å². The third kappa shape index (κ3) is 2.84. The summed E-state index contributed by atoms with van der Waals surface area (Å²) < 4.78 is 0. The van der Waals surface area contributed by atoms with E-state index in [4.69, 9.17) is 10.7 Å². The van der Waals surface area contributed by atoms with Gasteiger partial charge in [-0.05, 0) is 36.1 Å². The molecule has 114 valence electrons. The number of nitrogen functional groups attached to an aromatic ring is 1. The number of anilines is 1. The maximum Gasteiger partial charge on any atom is 0.107 e. The monoisotopic (exact) mass is 293 g/mol. The molecule has 2 aromatic carbocycles. The predicted molar refractivity (Wildman–Crippen MR) is 93.1 cm³/mol. The molecule has 1 heterocycles. The van der Waals surface area contributed by atoms with Crippen LogP contribution in [0.15, 0.2) is 36.4 Å². The van der Waals surface area contributed by atoms with E-state index >= 15 is 0 Å². The number of nitrogens with two attached hydrogens (primary N) is 1. The number of imidazole rings is 1. The summed E-state index contributed by atoms with van der Waals surface area (Å²) in [5, 5.41) is 0. The average molecular weight is 293 g/mol. The van der Waals surface area contributed by atoms with Crippen LogP contribution in [0.25, 0.3) is 11.0 Å². The van der Waals surface area contributed by atoms with Crippen molar-refractivity contribution in [1.82, 2.24) is 9.97 Å². The lowest BCUT2D eigenvalue weighted by Crippen LogP contribution is -1.97. The molecular formula is C19H23N3. The number of aromatic nitrogens is 2. The van der Waals surface area contributed by atoms with Gasteiger partial charge in [0.15, 0.2) is 0 Å². The summed E-state index contributed by atoms with van der Waals surface area (Å²) >= 11 is 0. The highest BCUT2D eigenvalue weighted by Crippen LogP contribution is 2.26. The first-order valence-corrected chi connectivity index (χ1v) is 8.05. The van der Waals surface area contributed by atoms with Gasteiger partial charge in [0.1, 0.15) is 5.82 Å². The van der Waals surface area contributed by atoms with Crippen molar-refractivity contribution in [2.45, 2.75) is 39.5 Å². The maximum atomic E-state index is 6.22. The minimum atomic E-state index is 0.821. The minimum Gasteiger partial charge on any atom is -0.398 e. The number of aromatic amines is 1. The smallest absolute Gasteiger partial charge is 0.107 e. The van der Waals surface area contributed by atoms with Crippen molar-refractivity contribution in [3.8, 4) is 0 Å². The summed E-state index contributed by atoms with van der Waals surface area (Å²) in [5.74, 6) is 1.05. The van der Waals surface area contributed by atoms with Gasteiger partial charge in [0.2, 0.25) is 0 Å². The van der Waals surface area contributed by atoms with Crippen molar-refractivity contribution in [2.24, 2.45) is 0 Å². The molecule has 0 fully saturated rings. The van der Waals surface area contributed by atoms with Crippen LogP contribution in [0.4, 0.5) is 5.69 Å². The summed E-state index contributed by atoms with van der Waals surface area (Å²) in [6, 6.07) is 12.8. The molecule has 0 saturated carbocycles. The van der Waals surface area contributed by atoms with Crippen LogP contribution in [0.3, 0.4) is 0 Å². The lowest BCUT2D eigenvalue weighted by atomic mass is 10.0. The first kappa shape index (κ1) is 14.6. The van der Waals surface area contributed by atoms with Gasteiger partial charge in [0, 0.05) is 24.1 Å². The Morgan fingerprint density at radius 3 is 2.41 bits per heavy atom. The van der Waals surface area contributed by atoms with E-state index in [2.05, 4.69) is 43.1 Å². The molecule has 1 aromatic heterocycles. The molecule has 0 bridgehead atoms. The Bertz CT molecular complexity index is 769. The summed E-state index contributed by atoms with van der Waals surface area (Å²) in [6.45, 7) is 4.34. The number of benzene rings is 2. The third-order valence-electron chi connectivity index (χ3n) is 4.14. The van der Waals surface area contributed by atoms with E-state index in [1.165, 1.54) is 11.1 Å². The zero-order valence-corrected chi connectivity index (χ0v) is 13.3. The normalized spacial score (nSPS) is 11.2. The van der Waals surface area contributed by atoms with Gasteiger partial charge >= 0.3 is 0 Å². The second-order valence-corrected chi connectivity index (χ2v) is 5.81. The van der Waals surface area contributed by atoms with E-state index in [1.54, 1.807) is 0 Å². The summed E-state index contributed by atoms with van der Waals surface area (Å²) in [5.41, 5.74) is 12.9. The van der Waals surface area contributed by atoms with Crippen LogP contribution in [0, 0.1) is 0 Å². The Morgan fingerprint density at radius 2 is 1.73 bits per heavy atom. The number of hydrogen-bond donors (Lipinski definition) is 2. The lowest BCUT2D eigenvalue weighted by Gasteiger charge is -2.07. The van der Waals surface area contributed by atoms with Crippen LogP contribution in [0.1, 0.15) is 42.8 Å². The topological polar surface area (TPSA) is 54.7 Å². The second-order valence-electron chi connectivity index (χ2n) is 5.81. The number of rotatable bonds is 5. The molecular weight excluding hydrogens is 270 g/mol. The summed E-state index contributed by atoms with van der Waals surface area (Å²) in [6.07, 6.45) is 3.95. The molecule has 3 rings (SSSR count). The first-order chi connectivity index (χ1) is 10.7. The van der Waals surface area contributed by atoms with Crippen molar-refractivity contribution in [2.75, 3.05) is 5.73 Å². The molecule has 0 saturated heterocycles. The largest absolute Gasteiger partial charge is 0.398 e. The molecule has 0 aliphatic rings. The van der Waals surface area contributed by atoms with Crippen LogP contribution < -0.4 is 5.73 Å². The molecule has 22 heavy (non-hydrogen) atoms. The van der Waals surface area contributed by atoms with Gasteiger partial charge in [0.05, 0.1) is 11.0 Å². The van der Waals surface area contributed by atoms with Crippen LogP contribution in [-0.2, 0) is 19.3 Å². The van der Waals surface area contributed by atoms with Crippen LogP contribution >= 0.6 is 0 Å². The Labute approximate surface area is 131 Å². The van der Waals surface area contributed by atoms with Crippen molar-refractivity contribution in [1.29, 1.82) is 0 Å². The molecule has 0 aliphatic carbocycles.